The topological polar surface area (TPSA) is 102 Å². The van der Waals surface area contributed by atoms with Gasteiger partial charge in [0.05, 0.1) is 12.6 Å². The van der Waals surface area contributed by atoms with Crippen LogP contribution >= 0.6 is 12.4 Å². The standard InChI is InChI=1S/C10H18F2N2O4.ClH/c1-5(2)3-6(13)8(15)14-7(9(16)17)4-18-10(11)12;/h5-7,10H,3-4,13H2,1-2H3,(H,14,15)(H,16,17);1H/t6-,7-;/m0./s1. The summed E-state index contributed by atoms with van der Waals surface area (Å²) in [6.07, 6.45) is 0.369. The quantitative estimate of drug-likeness (QED) is 0.609. The summed E-state index contributed by atoms with van der Waals surface area (Å²) in [7, 11) is 0. The first kappa shape index (κ1) is 20.3. The Morgan fingerprint density at radius 3 is 2.26 bits per heavy atom. The lowest BCUT2D eigenvalue weighted by Crippen LogP contribution is -2.50. The molecule has 0 radical (unpaired) electrons. The van der Waals surface area contributed by atoms with Crippen LogP contribution in [0, 0.1) is 5.92 Å². The summed E-state index contributed by atoms with van der Waals surface area (Å²) in [5.74, 6) is -2.00. The molecule has 0 spiro atoms. The molecule has 6 nitrogen and oxygen atoms in total. The number of aliphatic carboxylic acids is 1. The van der Waals surface area contributed by atoms with Crippen molar-refractivity contribution in [3.05, 3.63) is 0 Å². The molecule has 0 fully saturated rings. The van der Waals surface area contributed by atoms with Crippen molar-refractivity contribution in [1.82, 2.24) is 5.32 Å². The molecule has 114 valence electrons. The Labute approximate surface area is 116 Å². The molecule has 0 saturated heterocycles. The third-order valence-electron chi connectivity index (χ3n) is 2.07. The average Bonchev–Trinajstić information content (AvgIpc) is 2.21. The van der Waals surface area contributed by atoms with E-state index < -0.39 is 37.2 Å². The molecule has 0 aliphatic heterocycles. The fourth-order valence-electron chi connectivity index (χ4n) is 1.24. The van der Waals surface area contributed by atoms with Gasteiger partial charge in [0, 0.05) is 0 Å². The normalized spacial score (nSPS) is 13.8. The summed E-state index contributed by atoms with van der Waals surface area (Å²) in [6.45, 7) is -0.204. The molecule has 4 N–H and O–H groups in total. The molecule has 0 unspecified atom stereocenters. The van der Waals surface area contributed by atoms with E-state index in [0.29, 0.717) is 6.42 Å². The molecule has 0 aromatic carbocycles. The van der Waals surface area contributed by atoms with E-state index in [0.717, 1.165) is 0 Å². The maximum atomic E-state index is 11.8. The summed E-state index contributed by atoms with van der Waals surface area (Å²) in [6, 6.07) is -2.41. The molecule has 9 heteroatoms. The smallest absolute Gasteiger partial charge is 0.345 e. The minimum atomic E-state index is -3.09. The number of ether oxygens (including phenoxy) is 1. The number of alkyl halides is 2. The molecular weight excluding hydrogens is 286 g/mol. The van der Waals surface area contributed by atoms with Gasteiger partial charge in [-0.15, -0.1) is 12.4 Å². The second kappa shape index (κ2) is 9.88. The van der Waals surface area contributed by atoms with Gasteiger partial charge in [-0.25, -0.2) is 4.79 Å². The molecule has 0 saturated carbocycles. The molecule has 0 heterocycles. The predicted octanol–water partition coefficient (Wildman–Crippen LogP) is 0.590. The van der Waals surface area contributed by atoms with Crippen LogP contribution in [0.4, 0.5) is 8.78 Å². The van der Waals surface area contributed by atoms with Gasteiger partial charge in [0.1, 0.15) is 0 Å². The summed E-state index contributed by atoms with van der Waals surface area (Å²) < 4.78 is 27.4. The third-order valence-corrected chi connectivity index (χ3v) is 2.07. The molecule has 0 aliphatic rings. The predicted molar refractivity (Wildman–Crippen MR) is 66.2 cm³/mol. The third kappa shape index (κ3) is 9.57. The first-order valence-electron chi connectivity index (χ1n) is 5.42. The Balaban J connectivity index is 0. The number of nitrogens with two attached hydrogens (primary N) is 1. The number of hydrogen-bond donors (Lipinski definition) is 3. The van der Waals surface area contributed by atoms with Crippen LogP contribution in [0.2, 0.25) is 0 Å². The Bertz CT molecular complexity index is 293. The van der Waals surface area contributed by atoms with Gasteiger partial charge < -0.3 is 20.9 Å². The number of hydrogen-bond acceptors (Lipinski definition) is 4. The molecule has 0 bridgehead atoms. The summed E-state index contributed by atoms with van der Waals surface area (Å²) in [5.41, 5.74) is 5.53. The van der Waals surface area contributed by atoms with Crippen molar-refractivity contribution >= 4 is 24.3 Å². The van der Waals surface area contributed by atoms with Crippen LogP contribution in [0.15, 0.2) is 0 Å². The lowest BCUT2D eigenvalue weighted by atomic mass is 10.0. The van der Waals surface area contributed by atoms with Crippen LogP contribution in [0.25, 0.3) is 0 Å². The zero-order chi connectivity index (χ0) is 14.3. The summed E-state index contributed by atoms with van der Waals surface area (Å²) in [4.78, 5) is 22.2. The van der Waals surface area contributed by atoms with E-state index in [1.54, 1.807) is 0 Å². The van der Waals surface area contributed by atoms with Gasteiger partial charge in [0.15, 0.2) is 6.04 Å². The lowest BCUT2D eigenvalue weighted by Gasteiger charge is -2.18. The first-order valence-corrected chi connectivity index (χ1v) is 5.42. The average molecular weight is 305 g/mol. The number of carboxylic acids is 1. The fraction of sp³-hybridized carbons (Fsp3) is 0.800. The van der Waals surface area contributed by atoms with E-state index in [1.807, 2.05) is 13.8 Å². The first-order chi connectivity index (χ1) is 8.23. The second-order valence-corrected chi connectivity index (χ2v) is 4.23. The zero-order valence-electron chi connectivity index (χ0n) is 10.6. The number of halogens is 3. The highest BCUT2D eigenvalue weighted by atomic mass is 35.5. The number of amides is 1. The zero-order valence-corrected chi connectivity index (χ0v) is 11.5. The van der Waals surface area contributed by atoms with Crippen molar-refractivity contribution < 1.29 is 28.2 Å². The fourth-order valence-corrected chi connectivity index (χ4v) is 1.24. The van der Waals surface area contributed by atoms with Crippen LogP contribution in [0.3, 0.4) is 0 Å². The second-order valence-electron chi connectivity index (χ2n) is 4.23. The van der Waals surface area contributed by atoms with E-state index in [2.05, 4.69) is 10.1 Å². The van der Waals surface area contributed by atoms with Crippen molar-refractivity contribution in [3.63, 3.8) is 0 Å². The van der Waals surface area contributed by atoms with Gasteiger partial charge >= 0.3 is 12.6 Å². The minimum absolute atomic E-state index is 0. The Hall–Kier alpha value is -0.990. The van der Waals surface area contributed by atoms with Gasteiger partial charge in [-0.05, 0) is 12.3 Å². The SMILES string of the molecule is CC(C)C[C@H](N)C(=O)N[C@@H](COC(F)F)C(=O)O.Cl. The van der Waals surface area contributed by atoms with Gasteiger partial charge in [0.2, 0.25) is 5.91 Å². The van der Waals surface area contributed by atoms with Crippen LogP contribution in [-0.2, 0) is 14.3 Å². The van der Waals surface area contributed by atoms with Crippen molar-refractivity contribution in [2.24, 2.45) is 11.7 Å². The van der Waals surface area contributed by atoms with Crippen LogP contribution in [-0.4, -0.2) is 42.3 Å². The van der Waals surface area contributed by atoms with Crippen LogP contribution < -0.4 is 11.1 Å². The van der Waals surface area contributed by atoms with Crippen molar-refractivity contribution in [2.75, 3.05) is 6.61 Å². The molecule has 0 aromatic heterocycles. The highest BCUT2D eigenvalue weighted by Crippen LogP contribution is 2.03. The number of carbonyl (C=O) groups excluding carboxylic acids is 1. The monoisotopic (exact) mass is 304 g/mol. The molecule has 1 amide bonds. The van der Waals surface area contributed by atoms with E-state index in [1.165, 1.54) is 0 Å². The molecule has 0 aromatic rings. The maximum Gasteiger partial charge on any atom is 0.345 e. The number of carbonyl (C=O) groups is 2. The van der Waals surface area contributed by atoms with Crippen molar-refractivity contribution in [2.45, 2.75) is 39.0 Å². The lowest BCUT2D eigenvalue weighted by molar-refractivity contribution is -0.156. The highest BCUT2D eigenvalue weighted by molar-refractivity contribution is 5.86. The number of carboxylic acid groups (broad SMARTS) is 1. The molecular formula is C10H19ClF2N2O4. The molecule has 0 aliphatic carbocycles. The Morgan fingerprint density at radius 1 is 1.37 bits per heavy atom. The van der Waals surface area contributed by atoms with Gasteiger partial charge in [-0.2, -0.15) is 8.78 Å². The Kier molecular flexibility index (Phi) is 10.6. The summed E-state index contributed by atoms with van der Waals surface area (Å²) in [5, 5.41) is 10.8. The largest absolute Gasteiger partial charge is 0.480 e. The van der Waals surface area contributed by atoms with E-state index in [4.69, 9.17) is 10.8 Å². The number of rotatable bonds is 8. The van der Waals surface area contributed by atoms with Gasteiger partial charge in [-0.1, -0.05) is 13.8 Å². The summed E-state index contributed by atoms with van der Waals surface area (Å²) >= 11 is 0. The van der Waals surface area contributed by atoms with E-state index >= 15 is 0 Å². The van der Waals surface area contributed by atoms with Gasteiger partial charge in [0.25, 0.3) is 0 Å². The van der Waals surface area contributed by atoms with Crippen molar-refractivity contribution in [1.29, 1.82) is 0 Å². The van der Waals surface area contributed by atoms with E-state index in [9.17, 15) is 18.4 Å². The molecule has 0 rings (SSSR count). The Morgan fingerprint density at radius 2 is 1.89 bits per heavy atom. The number of nitrogens with one attached hydrogen (secondary N) is 1. The molecule has 19 heavy (non-hydrogen) atoms. The maximum absolute atomic E-state index is 11.8. The van der Waals surface area contributed by atoms with E-state index in [-0.39, 0.29) is 18.3 Å². The van der Waals surface area contributed by atoms with Crippen molar-refractivity contribution in [3.8, 4) is 0 Å². The molecule has 2 atom stereocenters. The minimum Gasteiger partial charge on any atom is -0.480 e. The highest BCUT2D eigenvalue weighted by Gasteiger charge is 2.24. The van der Waals surface area contributed by atoms with Gasteiger partial charge in [-0.3, -0.25) is 4.79 Å². The van der Waals surface area contributed by atoms with Crippen LogP contribution in [0.1, 0.15) is 20.3 Å². The van der Waals surface area contributed by atoms with Crippen LogP contribution in [0.5, 0.6) is 0 Å².